The molecule has 3 N–H and O–H groups in total. The van der Waals surface area contributed by atoms with Crippen LogP contribution in [0.2, 0.25) is 0 Å². The molecule has 10 heteroatoms. The lowest BCUT2D eigenvalue weighted by Gasteiger charge is -2.22. The third kappa shape index (κ3) is 4.51. The van der Waals surface area contributed by atoms with Gasteiger partial charge in [0, 0.05) is 19.1 Å². The Morgan fingerprint density at radius 2 is 2.04 bits per heavy atom. The van der Waals surface area contributed by atoms with Crippen LogP contribution in [0.1, 0.15) is 43.2 Å². The van der Waals surface area contributed by atoms with Crippen LogP contribution in [0.15, 0.2) is 11.1 Å². The van der Waals surface area contributed by atoms with Gasteiger partial charge < -0.3 is 20.1 Å². The number of carboxylic acid groups (broad SMARTS) is 1. The molecule has 0 radical (unpaired) electrons. The van der Waals surface area contributed by atoms with Crippen LogP contribution >= 0.6 is 0 Å². The van der Waals surface area contributed by atoms with Gasteiger partial charge in [0.15, 0.2) is 0 Å². The van der Waals surface area contributed by atoms with E-state index in [-0.39, 0.29) is 29.9 Å². The minimum atomic E-state index is -3.86. The van der Waals surface area contributed by atoms with E-state index in [0.29, 0.717) is 12.0 Å². The smallest absolute Gasteiger partial charge is 0.407 e. The molecule has 1 amide bonds. The quantitative estimate of drug-likeness (QED) is 0.730. The van der Waals surface area contributed by atoms with Gasteiger partial charge in [0.1, 0.15) is 16.3 Å². The Bertz CT molecular complexity index is 778. The SMILES string of the molecule is Cc1cc(S(=O)(=O)N2CCC(NC(=O)OC(C)(C)C)C2)[nH]c1C(=O)O. The summed E-state index contributed by atoms with van der Waals surface area (Å²) in [5.41, 5.74) is -0.446. The Labute approximate surface area is 146 Å². The van der Waals surface area contributed by atoms with Crippen LogP contribution in [0.5, 0.6) is 0 Å². The highest BCUT2D eigenvalue weighted by molar-refractivity contribution is 7.89. The van der Waals surface area contributed by atoms with Crippen molar-refractivity contribution in [3.63, 3.8) is 0 Å². The number of aromatic amines is 1. The highest BCUT2D eigenvalue weighted by Crippen LogP contribution is 2.23. The number of carbonyl (C=O) groups is 2. The highest BCUT2D eigenvalue weighted by atomic mass is 32.2. The molecule has 1 fully saturated rings. The molecule has 0 aromatic carbocycles. The maximum Gasteiger partial charge on any atom is 0.407 e. The zero-order valence-electron chi connectivity index (χ0n) is 14.6. The maximum atomic E-state index is 12.6. The first-order chi connectivity index (χ1) is 11.4. The van der Waals surface area contributed by atoms with Gasteiger partial charge in [0.25, 0.3) is 10.0 Å². The molecule has 25 heavy (non-hydrogen) atoms. The van der Waals surface area contributed by atoms with Crippen LogP contribution in [0, 0.1) is 6.92 Å². The van der Waals surface area contributed by atoms with E-state index < -0.39 is 27.7 Å². The van der Waals surface area contributed by atoms with Crippen molar-refractivity contribution in [1.29, 1.82) is 0 Å². The van der Waals surface area contributed by atoms with Gasteiger partial charge in [-0.15, -0.1) is 0 Å². The predicted octanol–water partition coefficient (Wildman–Crippen LogP) is 1.31. The van der Waals surface area contributed by atoms with Crippen molar-refractivity contribution in [3.8, 4) is 0 Å². The second kappa shape index (κ2) is 6.68. The predicted molar refractivity (Wildman–Crippen MR) is 89.0 cm³/mol. The number of nitrogens with one attached hydrogen (secondary N) is 2. The summed E-state index contributed by atoms with van der Waals surface area (Å²) >= 11 is 0. The molecule has 0 spiro atoms. The fourth-order valence-corrected chi connectivity index (χ4v) is 4.12. The first-order valence-electron chi connectivity index (χ1n) is 7.83. The topological polar surface area (TPSA) is 129 Å². The minimum absolute atomic E-state index is 0.0993. The molecule has 2 heterocycles. The number of hydrogen-bond acceptors (Lipinski definition) is 5. The zero-order chi connectivity index (χ0) is 19.0. The molecule has 1 aromatic rings. The summed E-state index contributed by atoms with van der Waals surface area (Å²) in [5, 5.41) is 11.5. The normalized spacial score (nSPS) is 19.0. The number of carbonyl (C=O) groups excluding carboxylic acids is 1. The maximum absolute atomic E-state index is 12.6. The Morgan fingerprint density at radius 1 is 1.40 bits per heavy atom. The van der Waals surface area contributed by atoms with Crippen molar-refractivity contribution in [2.24, 2.45) is 0 Å². The molecule has 0 saturated carbocycles. The van der Waals surface area contributed by atoms with Gasteiger partial charge in [-0.3, -0.25) is 0 Å². The average Bonchev–Trinajstić information content (AvgIpc) is 3.03. The van der Waals surface area contributed by atoms with Gasteiger partial charge in [-0.1, -0.05) is 0 Å². The Hall–Kier alpha value is -2.07. The fraction of sp³-hybridized carbons (Fsp3) is 0.600. The summed E-state index contributed by atoms with van der Waals surface area (Å²) in [7, 11) is -3.86. The van der Waals surface area contributed by atoms with Crippen LogP contribution in [-0.4, -0.2) is 59.6 Å². The summed E-state index contributed by atoms with van der Waals surface area (Å²) in [4.78, 5) is 25.3. The van der Waals surface area contributed by atoms with Crippen LogP contribution in [-0.2, 0) is 14.8 Å². The third-order valence-corrected chi connectivity index (χ3v) is 5.48. The minimum Gasteiger partial charge on any atom is -0.477 e. The molecule has 1 saturated heterocycles. The van der Waals surface area contributed by atoms with E-state index in [1.54, 1.807) is 20.8 Å². The molecule has 9 nitrogen and oxygen atoms in total. The molecule has 0 aliphatic carbocycles. The number of alkyl carbamates (subject to hydrolysis) is 1. The van der Waals surface area contributed by atoms with Crippen molar-refractivity contribution in [1.82, 2.24) is 14.6 Å². The third-order valence-electron chi connectivity index (χ3n) is 3.69. The summed E-state index contributed by atoms with van der Waals surface area (Å²) < 4.78 is 31.7. The van der Waals surface area contributed by atoms with Gasteiger partial charge in [-0.05, 0) is 45.7 Å². The average molecular weight is 373 g/mol. The van der Waals surface area contributed by atoms with Crippen molar-refractivity contribution < 1.29 is 27.9 Å². The van der Waals surface area contributed by atoms with Crippen LogP contribution in [0.3, 0.4) is 0 Å². The molecule has 1 unspecified atom stereocenters. The zero-order valence-corrected chi connectivity index (χ0v) is 15.4. The Kier molecular flexibility index (Phi) is 5.14. The van der Waals surface area contributed by atoms with E-state index in [1.165, 1.54) is 17.3 Å². The second-order valence-corrected chi connectivity index (χ2v) is 8.90. The standard InChI is InChI=1S/C15H23N3O6S/c1-9-7-11(17-12(9)13(19)20)25(22,23)18-6-5-10(8-18)16-14(21)24-15(2,3)4/h7,10,17H,5-6,8H2,1-4H3,(H,16,21)(H,19,20). The van der Waals surface area contributed by atoms with E-state index >= 15 is 0 Å². The van der Waals surface area contributed by atoms with Gasteiger partial charge in [0.2, 0.25) is 0 Å². The van der Waals surface area contributed by atoms with Gasteiger partial charge in [-0.2, -0.15) is 4.31 Å². The summed E-state index contributed by atoms with van der Waals surface area (Å²) in [6.07, 6.45) is -0.148. The molecule has 1 atom stereocenters. The molecule has 0 bridgehead atoms. The number of aromatic carboxylic acids is 1. The number of amides is 1. The lowest BCUT2D eigenvalue weighted by molar-refractivity contribution is 0.0506. The number of aromatic nitrogens is 1. The van der Waals surface area contributed by atoms with Crippen molar-refractivity contribution in [3.05, 3.63) is 17.3 Å². The Morgan fingerprint density at radius 3 is 2.56 bits per heavy atom. The number of ether oxygens (including phenoxy) is 1. The lowest BCUT2D eigenvalue weighted by atomic mass is 10.2. The number of sulfonamides is 1. The number of carboxylic acids is 1. The second-order valence-electron chi connectivity index (χ2n) is 6.99. The van der Waals surface area contributed by atoms with E-state index in [2.05, 4.69) is 10.3 Å². The molecule has 2 rings (SSSR count). The summed E-state index contributed by atoms with van der Waals surface area (Å²) in [5.74, 6) is -1.22. The van der Waals surface area contributed by atoms with Crippen LogP contribution in [0.4, 0.5) is 4.79 Å². The number of nitrogens with zero attached hydrogens (tertiary/aromatic N) is 1. The highest BCUT2D eigenvalue weighted by Gasteiger charge is 2.35. The van der Waals surface area contributed by atoms with Crippen molar-refractivity contribution >= 4 is 22.1 Å². The van der Waals surface area contributed by atoms with Crippen molar-refractivity contribution in [2.75, 3.05) is 13.1 Å². The number of aryl methyl sites for hydroxylation is 1. The summed E-state index contributed by atoms with van der Waals surface area (Å²) in [6.45, 7) is 7.07. The summed E-state index contributed by atoms with van der Waals surface area (Å²) in [6, 6.07) is 0.938. The molecule has 1 aliphatic heterocycles. The monoisotopic (exact) mass is 373 g/mol. The van der Waals surface area contributed by atoms with Crippen LogP contribution in [0.25, 0.3) is 0 Å². The fourth-order valence-electron chi connectivity index (χ4n) is 2.57. The largest absolute Gasteiger partial charge is 0.477 e. The van der Waals surface area contributed by atoms with E-state index in [4.69, 9.17) is 9.84 Å². The number of rotatable bonds is 4. The van der Waals surface area contributed by atoms with Gasteiger partial charge in [-0.25, -0.2) is 18.0 Å². The lowest BCUT2D eigenvalue weighted by Crippen LogP contribution is -2.41. The first kappa shape index (κ1) is 19.3. The first-order valence-corrected chi connectivity index (χ1v) is 9.27. The Balaban J connectivity index is 2.06. The number of H-pyrrole nitrogens is 1. The molecular formula is C15H23N3O6S. The van der Waals surface area contributed by atoms with Crippen LogP contribution < -0.4 is 5.32 Å². The van der Waals surface area contributed by atoms with Gasteiger partial charge in [0.05, 0.1) is 0 Å². The molecular weight excluding hydrogens is 350 g/mol. The molecule has 1 aromatic heterocycles. The van der Waals surface area contributed by atoms with E-state index in [9.17, 15) is 18.0 Å². The van der Waals surface area contributed by atoms with E-state index in [1.807, 2.05) is 0 Å². The molecule has 1 aliphatic rings. The number of hydrogen-bond donors (Lipinski definition) is 3. The van der Waals surface area contributed by atoms with Crippen molar-refractivity contribution in [2.45, 2.75) is 50.8 Å². The van der Waals surface area contributed by atoms with E-state index in [0.717, 1.165) is 0 Å². The molecule has 140 valence electrons. The van der Waals surface area contributed by atoms with Gasteiger partial charge >= 0.3 is 12.1 Å².